The molecule has 2 atom stereocenters. The lowest BCUT2D eigenvalue weighted by atomic mass is 9.95. The zero-order chi connectivity index (χ0) is 20.8. The highest BCUT2D eigenvalue weighted by Gasteiger charge is 2.42. The molecule has 8 heteroatoms. The first-order valence-corrected chi connectivity index (χ1v) is 10.1. The minimum atomic E-state index is -0.574. The molecule has 0 aromatic heterocycles. The molecule has 0 amide bonds. The summed E-state index contributed by atoms with van der Waals surface area (Å²) < 4.78 is 6.24. The molecule has 3 aromatic carbocycles. The maximum Gasteiger partial charge on any atom is 0.270 e. The molecule has 6 nitrogen and oxygen atoms in total. The van der Waals surface area contributed by atoms with Crippen LogP contribution < -0.4 is 4.74 Å². The van der Waals surface area contributed by atoms with Gasteiger partial charge in [-0.1, -0.05) is 59.6 Å². The van der Waals surface area contributed by atoms with Gasteiger partial charge in [0.2, 0.25) is 6.23 Å². The zero-order valence-corrected chi connectivity index (χ0v) is 17.0. The number of non-ortho nitro benzene ring substituents is 1. The van der Waals surface area contributed by atoms with Crippen LogP contribution in [0.2, 0.25) is 10.0 Å². The predicted molar refractivity (Wildman–Crippen MR) is 115 cm³/mol. The predicted octanol–water partition coefficient (Wildman–Crippen LogP) is 6.14. The Morgan fingerprint density at radius 3 is 2.57 bits per heavy atom. The summed E-state index contributed by atoms with van der Waals surface area (Å²) in [5.74, 6) is 0.586. The molecule has 0 saturated carbocycles. The summed E-state index contributed by atoms with van der Waals surface area (Å²) in [4.78, 5) is 10.9. The molecule has 0 N–H and O–H groups in total. The van der Waals surface area contributed by atoms with Crippen LogP contribution in [0.4, 0.5) is 5.69 Å². The van der Waals surface area contributed by atoms with Gasteiger partial charge in [0.15, 0.2) is 0 Å². The molecule has 5 rings (SSSR count). The molecule has 2 heterocycles. The average Bonchev–Trinajstić information content (AvgIpc) is 3.19. The molecular formula is C22H15Cl2N3O3. The van der Waals surface area contributed by atoms with Gasteiger partial charge in [-0.25, -0.2) is 5.01 Å². The van der Waals surface area contributed by atoms with Crippen LogP contribution in [0.5, 0.6) is 5.75 Å². The lowest BCUT2D eigenvalue weighted by molar-refractivity contribution is -0.385. The quantitative estimate of drug-likeness (QED) is 0.362. The van der Waals surface area contributed by atoms with Crippen molar-refractivity contribution < 1.29 is 9.66 Å². The van der Waals surface area contributed by atoms with Gasteiger partial charge in [0.05, 0.1) is 21.7 Å². The van der Waals surface area contributed by atoms with Gasteiger partial charge in [-0.3, -0.25) is 10.1 Å². The van der Waals surface area contributed by atoms with Crippen LogP contribution in [-0.4, -0.2) is 15.6 Å². The number of nitrogens with zero attached hydrogens (tertiary/aromatic N) is 3. The minimum absolute atomic E-state index is 0.0217. The van der Waals surface area contributed by atoms with Crippen molar-refractivity contribution in [3.05, 3.63) is 104 Å². The normalized spacial score (nSPS) is 19.5. The summed E-state index contributed by atoms with van der Waals surface area (Å²) >= 11 is 12.5. The molecule has 150 valence electrons. The summed E-state index contributed by atoms with van der Waals surface area (Å²) in [5, 5.41) is 19.0. The van der Waals surface area contributed by atoms with Crippen molar-refractivity contribution in [3.8, 4) is 5.75 Å². The van der Waals surface area contributed by atoms with E-state index in [4.69, 9.17) is 33.0 Å². The van der Waals surface area contributed by atoms with Gasteiger partial charge in [-0.15, -0.1) is 0 Å². The fourth-order valence-electron chi connectivity index (χ4n) is 3.90. The van der Waals surface area contributed by atoms with Crippen LogP contribution in [0, 0.1) is 10.1 Å². The van der Waals surface area contributed by atoms with Crippen molar-refractivity contribution in [2.24, 2.45) is 5.10 Å². The van der Waals surface area contributed by atoms with E-state index in [-0.39, 0.29) is 11.7 Å². The Balaban J connectivity index is 1.63. The Morgan fingerprint density at radius 2 is 1.83 bits per heavy atom. The van der Waals surface area contributed by atoms with Gasteiger partial charge in [0.1, 0.15) is 5.75 Å². The molecule has 0 fully saturated rings. The fraction of sp³-hybridized carbons (Fsp3) is 0.136. The first-order valence-electron chi connectivity index (χ1n) is 9.32. The summed E-state index contributed by atoms with van der Waals surface area (Å²) in [6.07, 6.45) is 0.0263. The molecule has 2 aliphatic heterocycles. The maximum absolute atomic E-state index is 11.3. The highest BCUT2D eigenvalue weighted by molar-refractivity contribution is 6.35. The third-order valence-corrected chi connectivity index (χ3v) is 5.88. The Labute approximate surface area is 182 Å². The van der Waals surface area contributed by atoms with Gasteiger partial charge < -0.3 is 4.74 Å². The highest BCUT2D eigenvalue weighted by Crippen LogP contribution is 2.49. The van der Waals surface area contributed by atoms with E-state index in [9.17, 15) is 10.1 Å². The van der Waals surface area contributed by atoms with E-state index < -0.39 is 11.2 Å². The molecule has 3 aromatic rings. The van der Waals surface area contributed by atoms with E-state index >= 15 is 0 Å². The van der Waals surface area contributed by atoms with Gasteiger partial charge in [-0.2, -0.15) is 5.10 Å². The number of ether oxygens (including phenoxy) is 1. The second-order valence-corrected chi connectivity index (χ2v) is 7.97. The van der Waals surface area contributed by atoms with Crippen LogP contribution in [-0.2, 0) is 0 Å². The Kier molecular flexibility index (Phi) is 4.60. The number of fused-ring (bicyclic) bond motifs is 3. The van der Waals surface area contributed by atoms with Crippen molar-refractivity contribution in [2.75, 3.05) is 0 Å². The van der Waals surface area contributed by atoms with Crippen molar-refractivity contribution in [1.29, 1.82) is 0 Å². The van der Waals surface area contributed by atoms with Crippen molar-refractivity contribution >= 4 is 34.6 Å². The van der Waals surface area contributed by atoms with E-state index in [0.29, 0.717) is 22.2 Å². The molecule has 0 bridgehead atoms. The summed E-state index contributed by atoms with van der Waals surface area (Å²) in [6, 6.07) is 19.5. The van der Waals surface area contributed by atoms with Gasteiger partial charge in [0, 0.05) is 34.7 Å². The number of nitro benzene ring substituents is 1. The molecular weight excluding hydrogens is 425 g/mol. The van der Waals surface area contributed by atoms with Crippen LogP contribution in [0.25, 0.3) is 0 Å². The first kappa shape index (κ1) is 18.9. The molecule has 0 saturated heterocycles. The standard InChI is InChI=1S/C22H15Cl2N3O3/c23-14-6-8-16(18(24)10-14)22-26-20(12-19(25-26)13-4-2-1-3-5-13)17-11-15(27(28)29)7-9-21(17)30-22/h1-11,20,22H,12H2/t20-,22-/m1/s1. The van der Waals surface area contributed by atoms with E-state index in [1.807, 2.05) is 41.4 Å². The molecule has 0 spiro atoms. The maximum atomic E-state index is 11.3. The number of rotatable bonds is 3. The Bertz CT molecular complexity index is 1180. The van der Waals surface area contributed by atoms with Gasteiger partial charge in [-0.05, 0) is 23.8 Å². The van der Waals surface area contributed by atoms with E-state index in [1.54, 1.807) is 24.3 Å². The number of nitro groups is 1. The SMILES string of the molecule is O=[N+]([O-])c1ccc2c(c1)[C@H]1CC(c3ccccc3)=NN1[C@@H](c1ccc(Cl)cc1Cl)O2. The molecule has 30 heavy (non-hydrogen) atoms. The lowest BCUT2D eigenvalue weighted by Gasteiger charge is -2.38. The summed E-state index contributed by atoms with van der Waals surface area (Å²) in [6.45, 7) is 0. The molecule has 2 aliphatic rings. The molecule has 0 radical (unpaired) electrons. The number of benzene rings is 3. The highest BCUT2D eigenvalue weighted by atomic mass is 35.5. The van der Waals surface area contributed by atoms with E-state index in [0.717, 1.165) is 22.4 Å². The third kappa shape index (κ3) is 3.18. The second-order valence-electron chi connectivity index (χ2n) is 7.13. The van der Waals surface area contributed by atoms with Gasteiger partial charge >= 0.3 is 0 Å². The average molecular weight is 440 g/mol. The van der Waals surface area contributed by atoms with Crippen molar-refractivity contribution in [2.45, 2.75) is 18.7 Å². The lowest BCUT2D eigenvalue weighted by Crippen LogP contribution is -2.34. The fourth-order valence-corrected chi connectivity index (χ4v) is 4.40. The zero-order valence-electron chi connectivity index (χ0n) is 15.5. The number of hydrogen-bond acceptors (Lipinski definition) is 5. The minimum Gasteiger partial charge on any atom is -0.464 e. The topological polar surface area (TPSA) is 68.0 Å². The largest absolute Gasteiger partial charge is 0.464 e. The third-order valence-electron chi connectivity index (χ3n) is 5.32. The van der Waals surface area contributed by atoms with Crippen molar-refractivity contribution in [3.63, 3.8) is 0 Å². The Morgan fingerprint density at radius 1 is 1.03 bits per heavy atom. The summed E-state index contributed by atoms with van der Waals surface area (Å²) in [7, 11) is 0. The van der Waals surface area contributed by atoms with Crippen molar-refractivity contribution in [1.82, 2.24) is 5.01 Å². The Hall–Kier alpha value is -3.09. The first-order chi connectivity index (χ1) is 14.5. The van der Waals surface area contributed by atoms with Gasteiger partial charge in [0.25, 0.3) is 5.69 Å². The van der Waals surface area contributed by atoms with Crippen LogP contribution in [0.3, 0.4) is 0 Å². The number of hydrazone groups is 1. The monoisotopic (exact) mass is 439 g/mol. The molecule has 0 unspecified atom stereocenters. The summed E-state index contributed by atoms with van der Waals surface area (Å²) in [5.41, 5.74) is 3.38. The van der Waals surface area contributed by atoms with E-state index in [1.165, 1.54) is 6.07 Å². The number of hydrogen-bond donors (Lipinski definition) is 0. The number of halogens is 2. The van der Waals surface area contributed by atoms with Crippen LogP contribution in [0.1, 0.15) is 35.4 Å². The van der Waals surface area contributed by atoms with Crippen LogP contribution in [0.15, 0.2) is 71.8 Å². The second kappa shape index (κ2) is 7.31. The van der Waals surface area contributed by atoms with Crippen LogP contribution >= 0.6 is 23.2 Å². The van der Waals surface area contributed by atoms with E-state index in [2.05, 4.69) is 0 Å². The smallest absolute Gasteiger partial charge is 0.270 e. The molecule has 0 aliphatic carbocycles.